The number of hydrogen-bond acceptors (Lipinski definition) is 3. The average molecular weight is 263 g/mol. The molecule has 2 amide bonds. The molecule has 2 fully saturated rings. The van der Waals surface area contributed by atoms with Gasteiger partial charge in [0.2, 0.25) is 0 Å². The van der Waals surface area contributed by atoms with Crippen LogP contribution in [0.4, 0.5) is 4.79 Å². The molecule has 0 bridgehead atoms. The molecule has 0 radical (unpaired) electrons. The van der Waals surface area contributed by atoms with Gasteiger partial charge in [0.25, 0.3) is 0 Å². The fraction of sp³-hybridized carbons (Fsp3) is 0.643. The molecule has 1 atom stereocenters. The Bertz CT molecular complexity index is 451. The third-order valence-electron chi connectivity index (χ3n) is 4.03. The molecule has 2 saturated heterocycles. The molecule has 0 spiro atoms. The van der Waals surface area contributed by atoms with E-state index >= 15 is 0 Å². The number of amides is 2. The average Bonchev–Trinajstić information content (AvgIpc) is 2.98. The van der Waals surface area contributed by atoms with E-state index in [0.29, 0.717) is 5.92 Å². The fourth-order valence-electron chi connectivity index (χ4n) is 2.92. The van der Waals surface area contributed by atoms with Crippen LogP contribution in [0, 0.1) is 12.8 Å². The summed E-state index contributed by atoms with van der Waals surface area (Å²) < 4.78 is 5.60. The van der Waals surface area contributed by atoms with Crippen LogP contribution in [-0.4, -0.2) is 37.1 Å². The van der Waals surface area contributed by atoms with Crippen molar-refractivity contribution in [3.8, 4) is 0 Å². The maximum atomic E-state index is 12.0. The van der Waals surface area contributed by atoms with Crippen molar-refractivity contribution in [1.82, 2.24) is 15.5 Å². The predicted molar refractivity (Wildman–Crippen MR) is 71.9 cm³/mol. The number of furan rings is 1. The van der Waals surface area contributed by atoms with E-state index in [1.807, 2.05) is 24.0 Å². The van der Waals surface area contributed by atoms with Crippen LogP contribution < -0.4 is 10.6 Å². The van der Waals surface area contributed by atoms with E-state index in [1.165, 1.54) is 0 Å². The zero-order chi connectivity index (χ0) is 13.2. The topological polar surface area (TPSA) is 57.5 Å². The van der Waals surface area contributed by atoms with Crippen molar-refractivity contribution in [2.75, 3.05) is 26.2 Å². The normalized spacial score (nSPS) is 24.8. The number of nitrogens with zero attached hydrogens (tertiary/aromatic N) is 1. The molecule has 0 aromatic carbocycles. The smallest absolute Gasteiger partial charge is 0.318 e. The molecule has 104 valence electrons. The summed E-state index contributed by atoms with van der Waals surface area (Å²) in [5.74, 6) is 2.38. The maximum absolute atomic E-state index is 12.0. The van der Waals surface area contributed by atoms with Gasteiger partial charge in [-0.15, -0.1) is 0 Å². The largest absolute Gasteiger partial charge is 0.464 e. The molecule has 1 unspecified atom stereocenters. The molecule has 2 N–H and O–H groups in total. The highest BCUT2D eigenvalue weighted by Gasteiger charge is 2.33. The first kappa shape index (κ1) is 12.5. The number of piperidine rings is 1. The van der Waals surface area contributed by atoms with Crippen LogP contribution in [0.5, 0.6) is 0 Å². The molecule has 0 aliphatic carbocycles. The first-order valence-electron chi connectivity index (χ1n) is 7.05. The van der Waals surface area contributed by atoms with E-state index in [4.69, 9.17) is 4.42 Å². The summed E-state index contributed by atoms with van der Waals surface area (Å²) in [6.07, 6.45) is 2.32. The minimum Gasteiger partial charge on any atom is -0.464 e. The van der Waals surface area contributed by atoms with Gasteiger partial charge in [-0.05, 0) is 50.9 Å². The summed E-state index contributed by atoms with van der Waals surface area (Å²) in [7, 11) is 0. The lowest BCUT2D eigenvalue weighted by atomic mass is 9.97. The molecule has 5 heteroatoms. The van der Waals surface area contributed by atoms with E-state index in [-0.39, 0.29) is 12.1 Å². The number of carbonyl (C=O) groups is 1. The van der Waals surface area contributed by atoms with Crippen LogP contribution in [0.1, 0.15) is 30.4 Å². The van der Waals surface area contributed by atoms with Gasteiger partial charge in [0.15, 0.2) is 0 Å². The second kappa shape index (κ2) is 5.25. The highest BCUT2D eigenvalue weighted by molar-refractivity contribution is 5.77. The first-order valence-corrected chi connectivity index (χ1v) is 7.05. The number of rotatable bonds is 3. The Kier molecular flexibility index (Phi) is 3.46. The van der Waals surface area contributed by atoms with Gasteiger partial charge >= 0.3 is 6.03 Å². The molecule has 3 heterocycles. The van der Waals surface area contributed by atoms with E-state index in [9.17, 15) is 4.79 Å². The van der Waals surface area contributed by atoms with Crippen LogP contribution in [0.2, 0.25) is 0 Å². The SMILES string of the molecule is Cc1ccc(C2CN(CC3CCNCC3)C(=O)N2)o1. The van der Waals surface area contributed by atoms with Gasteiger partial charge in [0.05, 0.1) is 0 Å². The van der Waals surface area contributed by atoms with Crippen LogP contribution in [0.3, 0.4) is 0 Å². The Hall–Kier alpha value is -1.49. The molecule has 5 nitrogen and oxygen atoms in total. The number of hydrogen-bond donors (Lipinski definition) is 2. The van der Waals surface area contributed by atoms with Crippen LogP contribution >= 0.6 is 0 Å². The van der Waals surface area contributed by atoms with Gasteiger partial charge in [-0.1, -0.05) is 0 Å². The van der Waals surface area contributed by atoms with Gasteiger partial charge in [-0.25, -0.2) is 4.79 Å². The summed E-state index contributed by atoms with van der Waals surface area (Å²) in [6, 6.07) is 3.94. The zero-order valence-corrected chi connectivity index (χ0v) is 11.3. The Morgan fingerprint density at radius 2 is 2.16 bits per heavy atom. The Morgan fingerprint density at radius 3 is 2.84 bits per heavy atom. The summed E-state index contributed by atoms with van der Waals surface area (Å²) >= 11 is 0. The maximum Gasteiger partial charge on any atom is 0.318 e. The van der Waals surface area contributed by atoms with Gasteiger partial charge in [-0.2, -0.15) is 0 Å². The monoisotopic (exact) mass is 263 g/mol. The number of aryl methyl sites for hydroxylation is 1. The van der Waals surface area contributed by atoms with Crippen LogP contribution in [0.15, 0.2) is 16.5 Å². The standard InChI is InChI=1S/C14H21N3O2/c1-10-2-3-13(19-10)12-9-17(14(18)16-12)8-11-4-6-15-7-5-11/h2-3,11-12,15H,4-9H2,1H3,(H,16,18). The zero-order valence-electron chi connectivity index (χ0n) is 11.3. The highest BCUT2D eigenvalue weighted by Crippen LogP contribution is 2.24. The van der Waals surface area contributed by atoms with Crippen molar-refractivity contribution in [3.63, 3.8) is 0 Å². The predicted octanol–water partition coefficient (Wildman–Crippen LogP) is 1.65. The lowest BCUT2D eigenvalue weighted by Crippen LogP contribution is -2.37. The molecule has 2 aliphatic rings. The molecular formula is C14H21N3O2. The number of carbonyl (C=O) groups excluding carboxylic acids is 1. The third kappa shape index (κ3) is 2.76. The van der Waals surface area contributed by atoms with E-state index in [1.54, 1.807) is 0 Å². The third-order valence-corrected chi connectivity index (χ3v) is 4.03. The second-order valence-corrected chi connectivity index (χ2v) is 5.55. The van der Waals surface area contributed by atoms with E-state index in [2.05, 4.69) is 10.6 Å². The molecule has 0 saturated carbocycles. The first-order chi connectivity index (χ1) is 9.22. The van der Waals surface area contributed by atoms with Crippen LogP contribution in [0.25, 0.3) is 0 Å². The molecule has 1 aromatic rings. The van der Waals surface area contributed by atoms with Gasteiger partial charge in [0, 0.05) is 13.1 Å². The number of nitrogens with one attached hydrogen (secondary N) is 2. The summed E-state index contributed by atoms with van der Waals surface area (Å²) in [5.41, 5.74) is 0. The molecule has 19 heavy (non-hydrogen) atoms. The quantitative estimate of drug-likeness (QED) is 0.872. The Balaban J connectivity index is 1.60. The molecule has 3 rings (SSSR count). The van der Waals surface area contributed by atoms with Crippen molar-refractivity contribution >= 4 is 6.03 Å². The van der Waals surface area contributed by atoms with Crippen molar-refractivity contribution in [2.24, 2.45) is 5.92 Å². The van der Waals surface area contributed by atoms with E-state index < -0.39 is 0 Å². The van der Waals surface area contributed by atoms with Crippen molar-refractivity contribution in [1.29, 1.82) is 0 Å². The summed E-state index contributed by atoms with van der Waals surface area (Å²) in [4.78, 5) is 13.9. The fourth-order valence-corrected chi connectivity index (χ4v) is 2.92. The highest BCUT2D eigenvalue weighted by atomic mass is 16.3. The van der Waals surface area contributed by atoms with Crippen molar-refractivity contribution < 1.29 is 9.21 Å². The Morgan fingerprint density at radius 1 is 1.37 bits per heavy atom. The van der Waals surface area contributed by atoms with Crippen LogP contribution in [-0.2, 0) is 0 Å². The lowest BCUT2D eigenvalue weighted by Gasteiger charge is -2.26. The second-order valence-electron chi connectivity index (χ2n) is 5.55. The van der Waals surface area contributed by atoms with Crippen molar-refractivity contribution in [2.45, 2.75) is 25.8 Å². The minimum atomic E-state index is 0.00270. The number of urea groups is 1. The minimum absolute atomic E-state index is 0.00270. The lowest BCUT2D eigenvalue weighted by molar-refractivity contribution is 0.201. The molecule has 1 aromatic heterocycles. The molecular weight excluding hydrogens is 242 g/mol. The van der Waals surface area contributed by atoms with Gasteiger partial charge in [-0.3, -0.25) is 0 Å². The van der Waals surface area contributed by atoms with Gasteiger partial charge < -0.3 is 20.0 Å². The summed E-state index contributed by atoms with van der Waals surface area (Å²) in [5, 5.41) is 6.35. The Labute approximate surface area is 113 Å². The van der Waals surface area contributed by atoms with E-state index in [0.717, 1.165) is 50.5 Å². The van der Waals surface area contributed by atoms with Gasteiger partial charge in [0.1, 0.15) is 17.6 Å². The van der Waals surface area contributed by atoms with Crippen molar-refractivity contribution in [3.05, 3.63) is 23.7 Å². The molecule has 2 aliphatic heterocycles. The summed E-state index contributed by atoms with van der Waals surface area (Å²) in [6.45, 7) is 5.65.